The van der Waals surface area contributed by atoms with Crippen molar-refractivity contribution in [3.05, 3.63) is 41.5 Å². The second kappa shape index (κ2) is 2.50. The van der Waals surface area contributed by atoms with Crippen LogP contribution in [0.1, 0.15) is 28.3 Å². The lowest BCUT2D eigenvalue weighted by Crippen LogP contribution is -2.21. The topological polar surface area (TPSA) is 30.0 Å². The van der Waals surface area contributed by atoms with Gasteiger partial charge in [0.25, 0.3) is 0 Å². The molecule has 2 unspecified atom stereocenters. The van der Waals surface area contributed by atoms with Crippen LogP contribution in [0.4, 0.5) is 4.39 Å². The Balaban J connectivity index is 2.30. The monoisotopic (exact) mass is 189 g/mol. The number of fused-ring (bicyclic) bond motifs is 4. The van der Waals surface area contributed by atoms with E-state index in [9.17, 15) is 9.18 Å². The van der Waals surface area contributed by atoms with Crippen LogP contribution < -0.4 is 0 Å². The summed E-state index contributed by atoms with van der Waals surface area (Å²) in [5.74, 6) is -0.641. The largest absolute Gasteiger partial charge is 0.293 e. The molecule has 70 valence electrons. The van der Waals surface area contributed by atoms with Crippen molar-refractivity contribution < 1.29 is 9.18 Å². The highest BCUT2D eigenvalue weighted by Crippen LogP contribution is 2.41. The SMILES string of the molecule is O=C1c2c(ccnc2F)C2C=CC1C2. The Kier molecular flexibility index (Phi) is 1.40. The first-order chi connectivity index (χ1) is 6.77. The van der Waals surface area contributed by atoms with Gasteiger partial charge >= 0.3 is 0 Å². The highest BCUT2D eigenvalue weighted by molar-refractivity contribution is 6.02. The van der Waals surface area contributed by atoms with Crippen LogP contribution in [0.15, 0.2) is 24.4 Å². The summed E-state index contributed by atoms with van der Waals surface area (Å²) in [7, 11) is 0. The number of aromatic nitrogens is 1. The van der Waals surface area contributed by atoms with Gasteiger partial charge < -0.3 is 0 Å². The summed E-state index contributed by atoms with van der Waals surface area (Å²) < 4.78 is 13.3. The lowest BCUT2D eigenvalue weighted by molar-refractivity contribution is 0.0927. The molecular weight excluding hydrogens is 181 g/mol. The molecule has 14 heavy (non-hydrogen) atoms. The van der Waals surface area contributed by atoms with Crippen LogP contribution in [0, 0.1) is 11.9 Å². The van der Waals surface area contributed by atoms with Crippen molar-refractivity contribution in [1.82, 2.24) is 4.98 Å². The summed E-state index contributed by atoms with van der Waals surface area (Å²) in [5, 5.41) is 0. The number of carbonyl (C=O) groups is 1. The Labute approximate surface area is 80.5 Å². The van der Waals surface area contributed by atoms with Gasteiger partial charge in [-0.15, -0.1) is 0 Å². The van der Waals surface area contributed by atoms with Gasteiger partial charge in [-0.2, -0.15) is 4.39 Å². The molecule has 0 fully saturated rings. The number of hydrogen-bond donors (Lipinski definition) is 0. The molecule has 0 saturated heterocycles. The number of allylic oxidation sites excluding steroid dienone is 2. The number of carbonyl (C=O) groups excluding carboxylic acids is 1. The molecule has 0 radical (unpaired) electrons. The maximum Gasteiger partial charge on any atom is 0.224 e. The minimum absolute atomic E-state index is 0.115. The van der Waals surface area contributed by atoms with Crippen molar-refractivity contribution in [2.24, 2.45) is 5.92 Å². The van der Waals surface area contributed by atoms with Gasteiger partial charge in [0.15, 0.2) is 5.78 Å². The number of nitrogens with zero attached hydrogens (tertiary/aromatic N) is 1. The molecule has 3 heteroatoms. The lowest BCUT2D eigenvalue weighted by atomic mass is 9.82. The molecule has 1 aromatic heterocycles. The second-order valence-corrected chi connectivity index (χ2v) is 3.76. The van der Waals surface area contributed by atoms with Crippen molar-refractivity contribution in [2.75, 3.05) is 0 Å². The van der Waals surface area contributed by atoms with E-state index in [1.54, 1.807) is 6.07 Å². The van der Waals surface area contributed by atoms with Gasteiger partial charge in [0.1, 0.15) is 0 Å². The van der Waals surface area contributed by atoms with Gasteiger partial charge in [-0.1, -0.05) is 12.2 Å². The highest BCUT2D eigenvalue weighted by atomic mass is 19.1. The molecular formula is C11H8FNO. The van der Waals surface area contributed by atoms with E-state index in [0.717, 1.165) is 12.0 Å². The zero-order valence-electron chi connectivity index (χ0n) is 7.40. The highest BCUT2D eigenvalue weighted by Gasteiger charge is 2.37. The number of Topliss-reactive ketones (excluding diaryl/α,β-unsaturated/α-hetero) is 1. The van der Waals surface area contributed by atoms with Gasteiger partial charge in [0.05, 0.1) is 5.56 Å². The standard InChI is InChI=1S/C11H8FNO/c12-11-9-8(3-4-13-11)6-1-2-7(5-6)10(9)14/h1-4,6-7H,5H2. The number of ketones is 1. The van der Waals surface area contributed by atoms with E-state index in [4.69, 9.17) is 0 Å². The van der Waals surface area contributed by atoms with Crippen LogP contribution in [0.25, 0.3) is 0 Å². The molecule has 2 bridgehead atoms. The molecule has 0 saturated carbocycles. The first kappa shape index (κ1) is 7.85. The zero-order valence-corrected chi connectivity index (χ0v) is 7.40. The van der Waals surface area contributed by atoms with Crippen LogP contribution in [0.5, 0.6) is 0 Å². The summed E-state index contributed by atoms with van der Waals surface area (Å²) in [4.78, 5) is 15.3. The molecule has 2 atom stereocenters. The maximum absolute atomic E-state index is 13.3. The third kappa shape index (κ3) is 0.842. The van der Waals surface area contributed by atoms with E-state index >= 15 is 0 Å². The van der Waals surface area contributed by atoms with Crippen LogP contribution >= 0.6 is 0 Å². The van der Waals surface area contributed by atoms with Gasteiger partial charge in [-0.3, -0.25) is 4.79 Å². The Hall–Kier alpha value is -1.51. The van der Waals surface area contributed by atoms with Gasteiger partial charge in [0.2, 0.25) is 5.95 Å². The Morgan fingerprint density at radius 3 is 3.00 bits per heavy atom. The predicted molar refractivity (Wildman–Crippen MR) is 48.5 cm³/mol. The van der Waals surface area contributed by atoms with Crippen LogP contribution in [0.2, 0.25) is 0 Å². The van der Waals surface area contributed by atoms with Gasteiger partial charge in [0, 0.05) is 18.0 Å². The maximum atomic E-state index is 13.3. The van der Waals surface area contributed by atoms with E-state index in [0.29, 0.717) is 0 Å². The van der Waals surface area contributed by atoms with Gasteiger partial charge in [-0.25, -0.2) is 4.98 Å². The van der Waals surface area contributed by atoms with E-state index in [2.05, 4.69) is 4.98 Å². The van der Waals surface area contributed by atoms with Crippen LogP contribution in [0.3, 0.4) is 0 Å². The van der Waals surface area contributed by atoms with E-state index < -0.39 is 5.95 Å². The fourth-order valence-electron chi connectivity index (χ4n) is 2.31. The zero-order chi connectivity index (χ0) is 9.71. The molecule has 2 aliphatic rings. The molecule has 2 aliphatic carbocycles. The quantitative estimate of drug-likeness (QED) is 0.462. The Bertz CT molecular complexity index is 453. The van der Waals surface area contributed by atoms with Crippen molar-refractivity contribution >= 4 is 5.78 Å². The average Bonchev–Trinajstić information content (AvgIpc) is 2.60. The second-order valence-electron chi connectivity index (χ2n) is 3.76. The van der Waals surface area contributed by atoms with Crippen molar-refractivity contribution in [3.63, 3.8) is 0 Å². The Morgan fingerprint density at radius 1 is 1.36 bits per heavy atom. The smallest absolute Gasteiger partial charge is 0.224 e. The fourth-order valence-corrected chi connectivity index (χ4v) is 2.31. The normalized spacial score (nSPS) is 27.9. The first-order valence-electron chi connectivity index (χ1n) is 4.64. The first-order valence-corrected chi connectivity index (χ1v) is 4.64. The van der Waals surface area contributed by atoms with Crippen LogP contribution in [-0.2, 0) is 0 Å². The summed E-state index contributed by atoms with van der Waals surface area (Å²) in [5.41, 5.74) is 1.01. The average molecular weight is 189 g/mol. The van der Waals surface area contributed by atoms with Crippen molar-refractivity contribution in [2.45, 2.75) is 12.3 Å². The number of rotatable bonds is 0. The number of pyridine rings is 1. The molecule has 1 aromatic rings. The number of halogens is 1. The summed E-state index contributed by atoms with van der Waals surface area (Å²) in [6, 6.07) is 1.74. The number of hydrogen-bond acceptors (Lipinski definition) is 2. The Morgan fingerprint density at radius 2 is 2.14 bits per heavy atom. The molecule has 2 nitrogen and oxygen atoms in total. The van der Waals surface area contributed by atoms with E-state index in [1.807, 2.05) is 12.2 Å². The van der Waals surface area contributed by atoms with Crippen LogP contribution in [-0.4, -0.2) is 10.8 Å². The minimum Gasteiger partial charge on any atom is -0.293 e. The summed E-state index contributed by atoms with van der Waals surface area (Å²) >= 11 is 0. The predicted octanol–water partition coefficient (Wildman–Crippen LogP) is 2.08. The molecule has 0 amide bonds. The fraction of sp³-hybridized carbons (Fsp3) is 0.273. The van der Waals surface area contributed by atoms with E-state index in [-0.39, 0.29) is 23.2 Å². The van der Waals surface area contributed by atoms with E-state index in [1.165, 1.54) is 6.20 Å². The minimum atomic E-state index is -0.620. The van der Waals surface area contributed by atoms with Gasteiger partial charge in [-0.05, 0) is 18.1 Å². The van der Waals surface area contributed by atoms with Crippen molar-refractivity contribution in [3.8, 4) is 0 Å². The lowest BCUT2D eigenvalue weighted by Gasteiger charge is -2.21. The molecule has 1 heterocycles. The third-order valence-corrected chi connectivity index (χ3v) is 3.00. The third-order valence-electron chi connectivity index (χ3n) is 3.00. The summed E-state index contributed by atoms with van der Waals surface area (Å²) in [6.07, 6.45) is 6.10. The molecule has 0 N–H and O–H groups in total. The molecule has 0 aliphatic heterocycles. The molecule has 0 aromatic carbocycles. The summed E-state index contributed by atoms with van der Waals surface area (Å²) in [6.45, 7) is 0. The molecule has 0 spiro atoms. The molecule has 3 rings (SSSR count). The van der Waals surface area contributed by atoms with Crippen molar-refractivity contribution in [1.29, 1.82) is 0 Å².